The highest BCUT2D eigenvalue weighted by Crippen LogP contribution is 2.30. The van der Waals surface area contributed by atoms with Gasteiger partial charge in [-0.1, -0.05) is 15.9 Å². The summed E-state index contributed by atoms with van der Waals surface area (Å²) in [6, 6.07) is 6.07. The summed E-state index contributed by atoms with van der Waals surface area (Å²) in [5.74, 6) is -0.00860. The first kappa shape index (κ1) is 13.9. The Morgan fingerprint density at radius 1 is 1.30 bits per heavy atom. The molecule has 0 aromatic heterocycles. The highest BCUT2D eigenvalue weighted by atomic mass is 79.9. The average Bonchev–Trinajstić information content (AvgIpc) is 2.65. The van der Waals surface area contributed by atoms with Crippen LogP contribution in [-0.4, -0.2) is 53.0 Å². The third-order valence-electron chi connectivity index (χ3n) is 4.62. The first-order chi connectivity index (χ1) is 9.56. The van der Waals surface area contributed by atoms with Crippen molar-refractivity contribution in [3.05, 3.63) is 28.2 Å². The monoisotopic (exact) mass is 338 g/mol. The molecular weight excluding hydrogens is 320 g/mol. The quantitative estimate of drug-likeness (QED) is 0.855. The van der Waals surface area contributed by atoms with E-state index in [9.17, 15) is 9.90 Å². The van der Waals surface area contributed by atoms with E-state index in [2.05, 4.69) is 27.9 Å². The summed E-state index contributed by atoms with van der Waals surface area (Å²) in [5, 5.41) is 9.91. The number of nitrogens with zero attached hydrogens (tertiary/aromatic N) is 2. The third-order valence-corrected chi connectivity index (χ3v) is 5.12. The molecule has 1 aromatic rings. The van der Waals surface area contributed by atoms with Crippen molar-refractivity contribution in [2.75, 3.05) is 20.1 Å². The zero-order valence-electron chi connectivity index (χ0n) is 11.6. The second-order valence-electron chi connectivity index (χ2n) is 5.75. The summed E-state index contributed by atoms with van der Waals surface area (Å²) in [5.41, 5.74) is 0.389. The molecule has 2 aliphatic rings. The fraction of sp³-hybridized carbons (Fsp3) is 0.533. The fourth-order valence-electron chi connectivity index (χ4n) is 3.34. The van der Waals surface area contributed by atoms with Gasteiger partial charge < -0.3 is 10.0 Å². The number of likely N-dealkylation sites (tertiary alicyclic amines) is 1. The van der Waals surface area contributed by atoms with Gasteiger partial charge in [0.05, 0.1) is 5.56 Å². The number of aromatic hydroxyl groups is 1. The Morgan fingerprint density at radius 3 is 2.85 bits per heavy atom. The Bertz CT molecular complexity index is 535. The number of amides is 1. The van der Waals surface area contributed by atoms with E-state index in [1.807, 2.05) is 4.90 Å². The molecule has 0 saturated carbocycles. The zero-order chi connectivity index (χ0) is 14.3. The van der Waals surface area contributed by atoms with Crippen LogP contribution >= 0.6 is 15.9 Å². The minimum absolute atomic E-state index is 0.0564. The van der Waals surface area contributed by atoms with E-state index in [1.165, 1.54) is 6.42 Å². The number of phenolic OH excluding ortho intramolecular Hbond substituents is 1. The Morgan fingerprint density at radius 2 is 2.05 bits per heavy atom. The van der Waals surface area contributed by atoms with Crippen molar-refractivity contribution in [1.82, 2.24) is 9.80 Å². The molecule has 2 bridgehead atoms. The summed E-state index contributed by atoms with van der Waals surface area (Å²) < 4.78 is 0.812. The molecule has 0 radical (unpaired) electrons. The van der Waals surface area contributed by atoms with E-state index in [0.717, 1.165) is 30.4 Å². The number of halogens is 1. The molecule has 1 aromatic carbocycles. The molecule has 1 amide bonds. The molecule has 2 saturated heterocycles. The van der Waals surface area contributed by atoms with Gasteiger partial charge in [-0.3, -0.25) is 9.69 Å². The molecule has 3 rings (SSSR count). The van der Waals surface area contributed by atoms with Crippen molar-refractivity contribution in [3.8, 4) is 5.75 Å². The molecule has 2 fully saturated rings. The molecule has 2 unspecified atom stereocenters. The lowest BCUT2D eigenvalue weighted by Gasteiger charge is -2.26. The predicted molar refractivity (Wildman–Crippen MR) is 80.9 cm³/mol. The van der Waals surface area contributed by atoms with Crippen LogP contribution in [0.4, 0.5) is 0 Å². The van der Waals surface area contributed by atoms with Crippen molar-refractivity contribution >= 4 is 21.8 Å². The van der Waals surface area contributed by atoms with E-state index >= 15 is 0 Å². The first-order valence-electron chi connectivity index (χ1n) is 7.06. The van der Waals surface area contributed by atoms with Crippen LogP contribution in [0.1, 0.15) is 29.6 Å². The molecule has 2 heterocycles. The number of rotatable bonds is 1. The van der Waals surface area contributed by atoms with Gasteiger partial charge in [-0.25, -0.2) is 0 Å². The van der Waals surface area contributed by atoms with Crippen LogP contribution in [0.15, 0.2) is 22.7 Å². The Kier molecular flexibility index (Phi) is 3.73. The van der Waals surface area contributed by atoms with Gasteiger partial charge in [0, 0.05) is 29.6 Å². The van der Waals surface area contributed by atoms with Crippen molar-refractivity contribution in [3.63, 3.8) is 0 Å². The summed E-state index contributed by atoms with van der Waals surface area (Å²) >= 11 is 3.36. The standard InChI is InChI=1S/C15H19BrN2O2/c1-17-11-3-4-12(17)9-18(7-6-11)15(20)13-8-10(16)2-5-14(13)19/h2,5,8,11-12,19H,3-4,6-7,9H2,1H3. The molecule has 4 nitrogen and oxygen atoms in total. The van der Waals surface area contributed by atoms with Crippen molar-refractivity contribution in [1.29, 1.82) is 0 Å². The van der Waals surface area contributed by atoms with Gasteiger partial charge in [0.25, 0.3) is 5.91 Å². The third kappa shape index (κ3) is 2.44. The van der Waals surface area contributed by atoms with Gasteiger partial charge in [0.2, 0.25) is 0 Å². The summed E-state index contributed by atoms with van der Waals surface area (Å²) in [7, 11) is 2.16. The number of hydrogen-bond donors (Lipinski definition) is 1. The Labute approximate surface area is 127 Å². The van der Waals surface area contributed by atoms with Crippen LogP contribution in [-0.2, 0) is 0 Å². The largest absolute Gasteiger partial charge is 0.507 e. The van der Waals surface area contributed by atoms with E-state index in [0.29, 0.717) is 17.6 Å². The van der Waals surface area contributed by atoms with Crippen LogP contribution in [0.2, 0.25) is 0 Å². The van der Waals surface area contributed by atoms with Gasteiger partial charge in [0.1, 0.15) is 5.75 Å². The molecule has 0 aliphatic carbocycles. The second-order valence-corrected chi connectivity index (χ2v) is 6.67. The lowest BCUT2D eigenvalue weighted by molar-refractivity contribution is 0.0737. The summed E-state index contributed by atoms with van der Waals surface area (Å²) in [6.07, 6.45) is 3.42. The van der Waals surface area contributed by atoms with Gasteiger partial charge in [-0.05, 0) is 44.5 Å². The first-order valence-corrected chi connectivity index (χ1v) is 7.85. The number of carbonyl (C=O) groups is 1. The van der Waals surface area contributed by atoms with E-state index < -0.39 is 0 Å². The van der Waals surface area contributed by atoms with Crippen molar-refractivity contribution < 1.29 is 9.90 Å². The SMILES string of the molecule is CN1C2CCC1CN(C(=O)c1cc(Br)ccc1O)CC2. The maximum atomic E-state index is 12.6. The van der Waals surface area contributed by atoms with Crippen molar-refractivity contribution in [2.45, 2.75) is 31.3 Å². The maximum Gasteiger partial charge on any atom is 0.257 e. The molecular formula is C15H19BrN2O2. The Balaban J connectivity index is 1.82. The normalized spacial score (nSPS) is 26.6. The van der Waals surface area contributed by atoms with Crippen molar-refractivity contribution in [2.24, 2.45) is 0 Å². The van der Waals surface area contributed by atoms with Gasteiger partial charge >= 0.3 is 0 Å². The fourth-order valence-corrected chi connectivity index (χ4v) is 3.70. The summed E-state index contributed by atoms with van der Waals surface area (Å²) in [4.78, 5) is 16.9. The molecule has 108 valence electrons. The summed E-state index contributed by atoms with van der Waals surface area (Å²) in [6.45, 7) is 1.54. The smallest absolute Gasteiger partial charge is 0.257 e. The van der Waals surface area contributed by atoms with Gasteiger partial charge in [0.15, 0.2) is 0 Å². The van der Waals surface area contributed by atoms with Crippen LogP contribution in [0, 0.1) is 0 Å². The van der Waals surface area contributed by atoms with Crippen LogP contribution in [0.25, 0.3) is 0 Å². The molecule has 0 spiro atoms. The van der Waals surface area contributed by atoms with E-state index in [4.69, 9.17) is 0 Å². The second kappa shape index (κ2) is 5.37. The molecule has 2 atom stereocenters. The number of hydrogen-bond acceptors (Lipinski definition) is 3. The number of benzene rings is 1. The van der Waals surface area contributed by atoms with Crippen LogP contribution in [0.5, 0.6) is 5.75 Å². The Hall–Kier alpha value is -1.07. The van der Waals surface area contributed by atoms with E-state index in [-0.39, 0.29) is 11.7 Å². The van der Waals surface area contributed by atoms with Gasteiger partial charge in [-0.15, -0.1) is 0 Å². The highest BCUT2D eigenvalue weighted by Gasteiger charge is 2.36. The average molecular weight is 339 g/mol. The van der Waals surface area contributed by atoms with E-state index in [1.54, 1.807) is 18.2 Å². The number of fused-ring (bicyclic) bond motifs is 2. The molecule has 1 N–H and O–H groups in total. The van der Waals surface area contributed by atoms with Gasteiger partial charge in [-0.2, -0.15) is 0 Å². The lowest BCUT2D eigenvalue weighted by atomic mass is 10.1. The minimum Gasteiger partial charge on any atom is -0.507 e. The molecule has 20 heavy (non-hydrogen) atoms. The molecule has 2 aliphatic heterocycles. The van der Waals surface area contributed by atoms with Crippen LogP contribution in [0.3, 0.4) is 0 Å². The predicted octanol–water partition coefficient (Wildman–Crippen LogP) is 2.46. The molecule has 5 heteroatoms. The maximum absolute atomic E-state index is 12.6. The lowest BCUT2D eigenvalue weighted by Crippen LogP contribution is -2.39. The minimum atomic E-state index is -0.0650. The number of phenols is 1. The topological polar surface area (TPSA) is 43.8 Å². The van der Waals surface area contributed by atoms with Crippen LogP contribution < -0.4 is 0 Å². The highest BCUT2D eigenvalue weighted by molar-refractivity contribution is 9.10. The zero-order valence-corrected chi connectivity index (χ0v) is 13.1. The number of likely N-dealkylation sites (N-methyl/N-ethyl adjacent to an activating group) is 1. The number of carbonyl (C=O) groups excluding carboxylic acids is 1.